The van der Waals surface area contributed by atoms with Gasteiger partial charge >= 0.3 is 6.09 Å². The molecule has 162 valence electrons. The van der Waals surface area contributed by atoms with Crippen LogP contribution in [0.1, 0.15) is 31.9 Å². The number of imide groups is 1. The number of aromatic hydroxyl groups is 2. The summed E-state index contributed by atoms with van der Waals surface area (Å²) in [6.45, 7) is 5.04. The lowest BCUT2D eigenvalue weighted by Crippen LogP contribution is -2.49. The van der Waals surface area contributed by atoms with E-state index in [1.165, 1.54) is 30.4 Å². The first-order chi connectivity index (χ1) is 14.5. The number of hydrogen-bond acceptors (Lipinski definition) is 6. The maximum Gasteiger partial charge on any atom is 0.421 e. The third-order valence-electron chi connectivity index (χ3n) is 4.58. The van der Waals surface area contributed by atoms with Gasteiger partial charge < -0.3 is 14.9 Å². The molecule has 31 heavy (non-hydrogen) atoms. The Hall–Kier alpha value is -3.32. The summed E-state index contributed by atoms with van der Waals surface area (Å²) in [6, 6.07) is 8.80. The number of phenolic OH excluding ortho intramolecular Hbond substituents is 2. The Morgan fingerprint density at radius 3 is 2.48 bits per heavy atom. The summed E-state index contributed by atoms with van der Waals surface area (Å²) in [4.78, 5) is 39.6. The fourth-order valence-corrected chi connectivity index (χ4v) is 3.37. The highest BCUT2D eigenvalue weighted by Crippen LogP contribution is 2.34. The van der Waals surface area contributed by atoms with Crippen molar-refractivity contribution >= 4 is 41.1 Å². The van der Waals surface area contributed by atoms with Gasteiger partial charge in [0.1, 0.15) is 11.5 Å². The van der Waals surface area contributed by atoms with Crippen molar-refractivity contribution in [3.05, 3.63) is 58.6 Å². The normalized spacial score (nSPS) is 16.3. The number of ketones is 1. The van der Waals surface area contributed by atoms with Crippen molar-refractivity contribution in [2.75, 3.05) is 4.90 Å². The van der Waals surface area contributed by atoms with Crippen molar-refractivity contribution in [2.24, 2.45) is 5.92 Å². The van der Waals surface area contributed by atoms with Crippen LogP contribution in [0.3, 0.4) is 0 Å². The number of anilines is 1. The third-order valence-corrected chi connectivity index (χ3v) is 4.82. The molecule has 2 aromatic rings. The second kappa shape index (κ2) is 8.43. The van der Waals surface area contributed by atoms with Gasteiger partial charge in [0.15, 0.2) is 17.3 Å². The molecule has 1 aliphatic heterocycles. The lowest BCUT2D eigenvalue weighted by molar-refractivity contribution is -0.130. The molecule has 0 saturated heterocycles. The van der Waals surface area contributed by atoms with Crippen LogP contribution in [0.4, 0.5) is 10.5 Å². The molecule has 2 aromatic carbocycles. The van der Waals surface area contributed by atoms with Crippen molar-refractivity contribution in [2.45, 2.75) is 32.8 Å². The molecular weight excluding hydrogens is 422 g/mol. The van der Waals surface area contributed by atoms with Crippen LogP contribution in [0.2, 0.25) is 5.02 Å². The molecule has 7 nitrogen and oxygen atoms in total. The first-order valence-electron chi connectivity index (χ1n) is 9.55. The number of rotatable bonds is 3. The van der Waals surface area contributed by atoms with Gasteiger partial charge in [-0.3, -0.25) is 9.59 Å². The van der Waals surface area contributed by atoms with Gasteiger partial charge in [-0.25, -0.2) is 9.69 Å². The lowest BCUT2D eigenvalue weighted by Gasteiger charge is -2.33. The number of allylic oxidation sites excluding steroid dienone is 1. The predicted molar refractivity (Wildman–Crippen MR) is 116 cm³/mol. The van der Waals surface area contributed by atoms with E-state index in [0.29, 0.717) is 21.8 Å². The number of benzene rings is 2. The first kappa shape index (κ1) is 22.4. The summed E-state index contributed by atoms with van der Waals surface area (Å²) in [5, 5.41) is 19.4. The molecule has 0 radical (unpaired) electrons. The van der Waals surface area contributed by atoms with Crippen LogP contribution in [0.15, 0.2) is 42.5 Å². The highest BCUT2D eigenvalue weighted by molar-refractivity contribution is 6.31. The number of phenols is 2. The van der Waals surface area contributed by atoms with Crippen LogP contribution in [0.25, 0.3) is 6.08 Å². The molecule has 1 heterocycles. The summed E-state index contributed by atoms with van der Waals surface area (Å²) in [6.07, 6.45) is 1.83. The zero-order valence-corrected chi connectivity index (χ0v) is 18.0. The van der Waals surface area contributed by atoms with Crippen molar-refractivity contribution in [3.63, 3.8) is 0 Å². The smallest absolute Gasteiger partial charge is 0.421 e. The van der Waals surface area contributed by atoms with Crippen LogP contribution < -0.4 is 4.90 Å². The second-order valence-corrected chi connectivity index (χ2v) is 8.60. The van der Waals surface area contributed by atoms with E-state index in [2.05, 4.69) is 0 Å². The molecule has 1 aliphatic rings. The van der Waals surface area contributed by atoms with E-state index in [0.717, 1.165) is 4.90 Å². The third kappa shape index (κ3) is 5.06. The molecule has 0 spiro atoms. The molecule has 2 N–H and O–H groups in total. The standard InChI is InChI=1S/C23H22ClNO6/c1-23(2,3)31-22(30)25-17-7-6-15(24)11-14(17)12-16(21(25)29)18(26)8-4-13-5-9-19(27)20(28)10-13/h4-11,16,27-28H,12H2,1-3H3. The van der Waals surface area contributed by atoms with Crippen LogP contribution in [0.5, 0.6) is 11.5 Å². The Morgan fingerprint density at radius 1 is 1.13 bits per heavy atom. The van der Waals surface area contributed by atoms with Crippen molar-refractivity contribution in [1.82, 2.24) is 0 Å². The van der Waals surface area contributed by atoms with Crippen molar-refractivity contribution in [3.8, 4) is 11.5 Å². The van der Waals surface area contributed by atoms with E-state index >= 15 is 0 Å². The molecule has 0 aliphatic carbocycles. The monoisotopic (exact) mass is 443 g/mol. The zero-order chi connectivity index (χ0) is 22.9. The SMILES string of the molecule is CC(C)(C)OC(=O)N1C(=O)C(C(=O)C=Cc2ccc(O)c(O)c2)Cc2cc(Cl)ccc21. The van der Waals surface area contributed by atoms with Gasteiger partial charge in [-0.15, -0.1) is 0 Å². The number of fused-ring (bicyclic) bond motifs is 1. The minimum atomic E-state index is -1.14. The van der Waals surface area contributed by atoms with Gasteiger partial charge in [0.25, 0.3) is 0 Å². The largest absolute Gasteiger partial charge is 0.504 e. The van der Waals surface area contributed by atoms with E-state index in [1.54, 1.807) is 39.0 Å². The Bertz CT molecular complexity index is 1090. The number of nitrogens with zero attached hydrogens (tertiary/aromatic N) is 1. The molecule has 1 unspecified atom stereocenters. The van der Waals surface area contributed by atoms with Gasteiger partial charge in [-0.05, 0) is 74.7 Å². The maximum atomic E-state index is 13.1. The maximum absolute atomic E-state index is 13.1. The topological polar surface area (TPSA) is 104 Å². The minimum Gasteiger partial charge on any atom is -0.504 e. The van der Waals surface area contributed by atoms with E-state index in [4.69, 9.17) is 16.3 Å². The zero-order valence-electron chi connectivity index (χ0n) is 17.3. The molecule has 0 bridgehead atoms. The first-order valence-corrected chi connectivity index (χ1v) is 9.93. The van der Waals surface area contributed by atoms with Crippen LogP contribution in [-0.4, -0.2) is 33.6 Å². The summed E-state index contributed by atoms with van der Waals surface area (Å²) >= 11 is 6.08. The predicted octanol–water partition coefficient (Wildman–Crippen LogP) is 4.47. The van der Waals surface area contributed by atoms with Gasteiger partial charge in [0.05, 0.1) is 5.69 Å². The molecule has 0 fully saturated rings. The fourth-order valence-electron chi connectivity index (χ4n) is 3.17. The number of hydrogen-bond donors (Lipinski definition) is 2. The Morgan fingerprint density at radius 2 is 1.84 bits per heavy atom. The Labute approximate surface area is 184 Å². The average molecular weight is 444 g/mol. The quantitative estimate of drug-likeness (QED) is 0.412. The molecule has 3 rings (SSSR count). The number of ether oxygens (including phenoxy) is 1. The Kier molecular flexibility index (Phi) is 6.08. The number of carbonyl (C=O) groups is 3. The molecular formula is C23H22ClNO6. The number of carbonyl (C=O) groups excluding carboxylic acids is 3. The molecule has 2 amide bonds. The van der Waals surface area contributed by atoms with Gasteiger partial charge in [-0.2, -0.15) is 0 Å². The molecule has 8 heteroatoms. The lowest BCUT2D eigenvalue weighted by atomic mass is 9.88. The molecule has 0 aromatic heterocycles. The van der Waals surface area contributed by atoms with E-state index < -0.39 is 29.3 Å². The van der Waals surface area contributed by atoms with E-state index in [1.807, 2.05) is 0 Å². The van der Waals surface area contributed by atoms with E-state index in [-0.39, 0.29) is 17.9 Å². The van der Waals surface area contributed by atoms with Crippen molar-refractivity contribution in [1.29, 1.82) is 0 Å². The average Bonchev–Trinajstić information content (AvgIpc) is 2.66. The highest BCUT2D eigenvalue weighted by Gasteiger charge is 2.41. The fraction of sp³-hybridized carbons (Fsp3) is 0.261. The number of amides is 2. The van der Waals surface area contributed by atoms with Crippen molar-refractivity contribution < 1.29 is 29.3 Å². The van der Waals surface area contributed by atoms with Gasteiger partial charge in [0, 0.05) is 5.02 Å². The Balaban J connectivity index is 1.92. The van der Waals surface area contributed by atoms with Crippen LogP contribution >= 0.6 is 11.6 Å². The van der Waals surface area contributed by atoms with Crippen LogP contribution in [0, 0.1) is 5.92 Å². The molecule has 1 atom stereocenters. The summed E-state index contributed by atoms with van der Waals surface area (Å²) in [5.74, 6) is -2.96. The summed E-state index contributed by atoms with van der Waals surface area (Å²) < 4.78 is 5.37. The number of halogens is 1. The second-order valence-electron chi connectivity index (χ2n) is 8.17. The van der Waals surface area contributed by atoms with Gasteiger partial charge in [0.2, 0.25) is 5.91 Å². The minimum absolute atomic E-state index is 0.0814. The van der Waals surface area contributed by atoms with Gasteiger partial charge in [-0.1, -0.05) is 23.7 Å². The highest BCUT2D eigenvalue weighted by atomic mass is 35.5. The summed E-state index contributed by atoms with van der Waals surface area (Å²) in [7, 11) is 0. The molecule has 0 saturated carbocycles. The van der Waals surface area contributed by atoms with Crippen LogP contribution in [-0.2, 0) is 20.7 Å². The van der Waals surface area contributed by atoms with E-state index in [9.17, 15) is 24.6 Å². The summed E-state index contributed by atoms with van der Waals surface area (Å²) in [5.41, 5.74) is 0.535.